The van der Waals surface area contributed by atoms with E-state index in [1.807, 2.05) is 11.8 Å². The van der Waals surface area contributed by atoms with Crippen LogP contribution in [0.15, 0.2) is 0 Å². The Kier molecular flexibility index (Phi) is 5.90. The van der Waals surface area contributed by atoms with E-state index in [-0.39, 0.29) is 0 Å². The van der Waals surface area contributed by atoms with Crippen LogP contribution in [-0.4, -0.2) is 37.3 Å². The Balaban J connectivity index is 2.10. The number of hydrogen-bond acceptors (Lipinski definition) is 3. The molecule has 1 rings (SSSR count). The van der Waals surface area contributed by atoms with E-state index in [1.165, 1.54) is 25.7 Å². The smallest absolute Gasteiger partial charge is 0.0667 e. The number of methoxy groups -OCH3 is 1. The van der Waals surface area contributed by atoms with Crippen molar-refractivity contribution >= 4 is 11.8 Å². The van der Waals surface area contributed by atoms with E-state index in [4.69, 9.17) is 4.74 Å². The van der Waals surface area contributed by atoms with Crippen LogP contribution in [-0.2, 0) is 4.74 Å². The molecule has 1 fully saturated rings. The first-order chi connectivity index (χ1) is 6.76. The lowest BCUT2D eigenvalue weighted by Gasteiger charge is -2.28. The maximum atomic E-state index is 5.22. The third kappa shape index (κ3) is 4.20. The molecule has 84 valence electrons. The number of nitrogens with one attached hydrogen (secondary N) is 1. The lowest BCUT2D eigenvalue weighted by atomic mass is 9.95. The Morgan fingerprint density at radius 3 is 2.50 bits per heavy atom. The first kappa shape index (κ1) is 12.3. The number of hydrogen-bond donors (Lipinski definition) is 1. The van der Waals surface area contributed by atoms with Gasteiger partial charge < -0.3 is 10.1 Å². The predicted molar refractivity (Wildman–Crippen MR) is 64.0 cm³/mol. The van der Waals surface area contributed by atoms with Gasteiger partial charge in [-0.15, -0.1) is 0 Å². The van der Waals surface area contributed by atoms with Crippen LogP contribution in [0.5, 0.6) is 0 Å². The number of ether oxygens (including phenoxy) is 1. The molecular formula is C11H23NOS. The molecule has 0 bridgehead atoms. The zero-order valence-electron chi connectivity index (χ0n) is 9.58. The molecular weight excluding hydrogens is 194 g/mol. The highest BCUT2D eigenvalue weighted by Crippen LogP contribution is 2.26. The van der Waals surface area contributed by atoms with Crippen molar-refractivity contribution in [3.63, 3.8) is 0 Å². The van der Waals surface area contributed by atoms with Crippen LogP contribution in [0.4, 0.5) is 0 Å². The van der Waals surface area contributed by atoms with E-state index in [1.54, 1.807) is 7.11 Å². The predicted octanol–water partition coefficient (Wildman–Crippen LogP) is 2.29. The molecule has 0 heterocycles. The minimum Gasteiger partial charge on any atom is -0.380 e. The van der Waals surface area contributed by atoms with Gasteiger partial charge in [0.2, 0.25) is 0 Å². The molecule has 1 aliphatic carbocycles. The third-order valence-corrected chi connectivity index (χ3v) is 4.24. The molecule has 2 nitrogen and oxygen atoms in total. The minimum absolute atomic E-state index is 0.341. The van der Waals surface area contributed by atoms with Crippen LogP contribution in [0.3, 0.4) is 0 Å². The van der Waals surface area contributed by atoms with Gasteiger partial charge in [-0.2, -0.15) is 11.8 Å². The minimum atomic E-state index is 0.341. The molecule has 0 amide bonds. The first-order valence-corrected chi connectivity index (χ1v) is 6.84. The average molecular weight is 217 g/mol. The van der Waals surface area contributed by atoms with Crippen molar-refractivity contribution < 1.29 is 4.74 Å². The Morgan fingerprint density at radius 1 is 1.36 bits per heavy atom. The summed E-state index contributed by atoms with van der Waals surface area (Å²) < 4.78 is 5.22. The summed E-state index contributed by atoms with van der Waals surface area (Å²) in [6.07, 6.45) is 7.99. The Hall–Kier alpha value is 0.270. The van der Waals surface area contributed by atoms with Gasteiger partial charge in [0.1, 0.15) is 0 Å². The van der Waals surface area contributed by atoms with Crippen LogP contribution in [0.25, 0.3) is 0 Å². The normalized spacial score (nSPS) is 30.2. The van der Waals surface area contributed by atoms with Gasteiger partial charge in [-0.25, -0.2) is 0 Å². The molecule has 14 heavy (non-hydrogen) atoms. The molecule has 0 spiro atoms. The summed E-state index contributed by atoms with van der Waals surface area (Å²) in [5.41, 5.74) is 0. The molecule has 0 aromatic heterocycles. The summed E-state index contributed by atoms with van der Waals surface area (Å²) in [6, 6.07) is 0.732. The standard InChI is InChI=1S/C11H23NOS/c1-9(13-2)8-12-10-4-6-11(14-3)7-5-10/h9-12H,4-8H2,1-3H3. The molecule has 0 aliphatic heterocycles. The molecule has 0 radical (unpaired) electrons. The summed E-state index contributed by atoms with van der Waals surface area (Å²) in [7, 11) is 1.77. The summed E-state index contributed by atoms with van der Waals surface area (Å²) in [5.74, 6) is 0. The molecule has 0 saturated heterocycles. The van der Waals surface area contributed by atoms with Crippen LogP contribution in [0.2, 0.25) is 0 Å². The number of rotatable bonds is 5. The quantitative estimate of drug-likeness (QED) is 0.763. The van der Waals surface area contributed by atoms with E-state index >= 15 is 0 Å². The van der Waals surface area contributed by atoms with Gasteiger partial charge in [-0.05, 0) is 38.9 Å². The van der Waals surface area contributed by atoms with Crippen LogP contribution in [0.1, 0.15) is 32.6 Å². The zero-order chi connectivity index (χ0) is 10.4. The highest BCUT2D eigenvalue weighted by atomic mass is 32.2. The molecule has 1 N–H and O–H groups in total. The van der Waals surface area contributed by atoms with Crippen molar-refractivity contribution in [3.05, 3.63) is 0 Å². The van der Waals surface area contributed by atoms with Gasteiger partial charge in [0, 0.05) is 24.9 Å². The fraction of sp³-hybridized carbons (Fsp3) is 1.00. The van der Waals surface area contributed by atoms with Gasteiger partial charge >= 0.3 is 0 Å². The van der Waals surface area contributed by atoms with Crippen LogP contribution in [0, 0.1) is 0 Å². The molecule has 0 aromatic rings. The fourth-order valence-electron chi connectivity index (χ4n) is 1.92. The second-order valence-electron chi connectivity index (χ2n) is 4.16. The lowest BCUT2D eigenvalue weighted by Crippen LogP contribution is -2.38. The average Bonchev–Trinajstić information content (AvgIpc) is 2.26. The molecule has 1 atom stereocenters. The summed E-state index contributed by atoms with van der Waals surface area (Å²) in [4.78, 5) is 0. The summed E-state index contributed by atoms with van der Waals surface area (Å²) in [6.45, 7) is 3.10. The van der Waals surface area contributed by atoms with Crippen molar-refractivity contribution in [2.24, 2.45) is 0 Å². The van der Waals surface area contributed by atoms with E-state index in [0.29, 0.717) is 6.10 Å². The molecule has 1 saturated carbocycles. The summed E-state index contributed by atoms with van der Waals surface area (Å²) >= 11 is 2.02. The van der Waals surface area contributed by atoms with Crippen LogP contribution >= 0.6 is 11.8 Å². The monoisotopic (exact) mass is 217 g/mol. The third-order valence-electron chi connectivity index (χ3n) is 3.10. The van der Waals surface area contributed by atoms with E-state index < -0.39 is 0 Å². The van der Waals surface area contributed by atoms with Crippen LogP contribution < -0.4 is 5.32 Å². The summed E-state index contributed by atoms with van der Waals surface area (Å²) in [5, 5.41) is 4.49. The Morgan fingerprint density at radius 2 is 2.00 bits per heavy atom. The fourth-order valence-corrected chi connectivity index (χ4v) is 2.66. The van der Waals surface area contributed by atoms with E-state index in [2.05, 4.69) is 18.5 Å². The number of thioether (sulfide) groups is 1. The second-order valence-corrected chi connectivity index (χ2v) is 5.30. The SMILES string of the molecule is COC(C)CNC1CCC(SC)CC1. The largest absolute Gasteiger partial charge is 0.380 e. The molecule has 1 aliphatic rings. The van der Waals surface area contributed by atoms with Crippen molar-refractivity contribution in [2.75, 3.05) is 19.9 Å². The van der Waals surface area contributed by atoms with Gasteiger partial charge in [-0.3, -0.25) is 0 Å². The Bertz CT molecular complexity index is 146. The molecule has 1 unspecified atom stereocenters. The van der Waals surface area contributed by atoms with Crippen molar-refractivity contribution in [1.82, 2.24) is 5.32 Å². The van der Waals surface area contributed by atoms with Crippen molar-refractivity contribution in [1.29, 1.82) is 0 Å². The van der Waals surface area contributed by atoms with Gasteiger partial charge in [0.25, 0.3) is 0 Å². The maximum Gasteiger partial charge on any atom is 0.0667 e. The van der Waals surface area contributed by atoms with E-state index in [0.717, 1.165) is 17.8 Å². The first-order valence-electron chi connectivity index (χ1n) is 5.55. The molecule has 0 aromatic carbocycles. The second kappa shape index (κ2) is 6.70. The highest BCUT2D eigenvalue weighted by molar-refractivity contribution is 7.99. The lowest BCUT2D eigenvalue weighted by molar-refractivity contribution is 0.112. The Labute approximate surface area is 92.2 Å². The topological polar surface area (TPSA) is 21.3 Å². The van der Waals surface area contributed by atoms with E-state index in [9.17, 15) is 0 Å². The van der Waals surface area contributed by atoms with Gasteiger partial charge in [-0.1, -0.05) is 0 Å². The zero-order valence-corrected chi connectivity index (χ0v) is 10.4. The van der Waals surface area contributed by atoms with Crippen molar-refractivity contribution in [2.45, 2.75) is 50.0 Å². The highest BCUT2D eigenvalue weighted by Gasteiger charge is 2.20. The van der Waals surface area contributed by atoms with Crippen molar-refractivity contribution in [3.8, 4) is 0 Å². The van der Waals surface area contributed by atoms with Gasteiger partial charge in [0.15, 0.2) is 0 Å². The van der Waals surface area contributed by atoms with Gasteiger partial charge in [0.05, 0.1) is 6.10 Å². The molecule has 3 heteroatoms. The maximum absolute atomic E-state index is 5.22.